The lowest BCUT2D eigenvalue weighted by Gasteiger charge is -2.10. The van der Waals surface area contributed by atoms with E-state index in [-0.39, 0.29) is 11.9 Å². The van der Waals surface area contributed by atoms with Crippen LogP contribution in [0.3, 0.4) is 0 Å². The van der Waals surface area contributed by atoms with Gasteiger partial charge in [0.2, 0.25) is 0 Å². The largest absolute Gasteiger partial charge is 0.383 e. The average Bonchev–Trinajstić information content (AvgIpc) is 3.01. The molecular weight excluding hydrogens is 245 g/mol. The Morgan fingerprint density at radius 1 is 1.42 bits per heavy atom. The van der Waals surface area contributed by atoms with Crippen LogP contribution in [-0.4, -0.2) is 16.4 Å². The number of hydrogen-bond acceptors (Lipinski definition) is 3. The van der Waals surface area contributed by atoms with Gasteiger partial charge in [0.1, 0.15) is 23.4 Å². The zero-order valence-corrected chi connectivity index (χ0v) is 10.8. The predicted molar refractivity (Wildman–Crippen MR) is 70.9 cm³/mol. The minimum Gasteiger partial charge on any atom is -0.383 e. The standard InChI is InChI=1S/C14H16FN3O/c1-18-14(16)12(9-5-2-3-6-10(9)15)13(17-18)11-7-4-8-19-11/h2-3,5-6,11H,4,7-8,16H2,1H3. The molecule has 2 aromatic rings. The van der Waals surface area contributed by atoms with Crippen molar-refractivity contribution in [3.05, 3.63) is 35.8 Å². The number of hydrogen-bond donors (Lipinski definition) is 1. The molecule has 4 nitrogen and oxygen atoms in total. The lowest BCUT2D eigenvalue weighted by molar-refractivity contribution is 0.108. The van der Waals surface area contributed by atoms with E-state index in [1.54, 1.807) is 29.9 Å². The van der Waals surface area contributed by atoms with Gasteiger partial charge in [-0.3, -0.25) is 4.68 Å². The molecule has 0 spiro atoms. The van der Waals surface area contributed by atoms with Crippen LogP contribution >= 0.6 is 0 Å². The van der Waals surface area contributed by atoms with Crippen LogP contribution in [0, 0.1) is 5.82 Å². The van der Waals surface area contributed by atoms with Crippen LogP contribution in [0.25, 0.3) is 11.1 Å². The van der Waals surface area contributed by atoms with Crippen molar-refractivity contribution in [2.24, 2.45) is 7.05 Å². The molecule has 1 saturated heterocycles. The van der Waals surface area contributed by atoms with Crippen LogP contribution in [0.4, 0.5) is 10.2 Å². The Labute approximate surface area is 111 Å². The number of ether oxygens (including phenoxy) is 1. The van der Waals surface area contributed by atoms with Crippen LogP contribution in [0.15, 0.2) is 24.3 Å². The first-order valence-electron chi connectivity index (χ1n) is 6.37. The molecule has 2 N–H and O–H groups in total. The third kappa shape index (κ3) is 2.00. The van der Waals surface area contributed by atoms with Crippen molar-refractivity contribution in [3.8, 4) is 11.1 Å². The van der Waals surface area contributed by atoms with Crippen LogP contribution in [0.5, 0.6) is 0 Å². The van der Waals surface area contributed by atoms with Gasteiger partial charge in [-0.2, -0.15) is 5.10 Å². The fourth-order valence-electron chi connectivity index (χ4n) is 2.52. The number of nitrogen functional groups attached to an aromatic ring is 1. The van der Waals surface area contributed by atoms with Crippen molar-refractivity contribution < 1.29 is 9.13 Å². The summed E-state index contributed by atoms with van der Waals surface area (Å²) in [6, 6.07) is 6.61. The first-order chi connectivity index (χ1) is 9.18. The van der Waals surface area contributed by atoms with Crippen molar-refractivity contribution in [1.29, 1.82) is 0 Å². The van der Waals surface area contributed by atoms with Crippen molar-refractivity contribution in [2.75, 3.05) is 12.3 Å². The second-order valence-corrected chi connectivity index (χ2v) is 4.75. The van der Waals surface area contributed by atoms with E-state index in [2.05, 4.69) is 5.10 Å². The monoisotopic (exact) mass is 261 g/mol. The van der Waals surface area contributed by atoms with Crippen LogP contribution in [-0.2, 0) is 11.8 Å². The number of nitrogens with zero attached hydrogens (tertiary/aromatic N) is 2. The summed E-state index contributed by atoms with van der Waals surface area (Å²) in [5.41, 5.74) is 7.93. The maximum absolute atomic E-state index is 14.0. The van der Waals surface area contributed by atoms with E-state index in [1.165, 1.54) is 6.07 Å². The second-order valence-electron chi connectivity index (χ2n) is 4.75. The third-order valence-electron chi connectivity index (χ3n) is 3.50. The first-order valence-corrected chi connectivity index (χ1v) is 6.37. The van der Waals surface area contributed by atoms with Crippen molar-refractivity contribution >= 4 is 5.82 Å². The predicted octanol–water partition coefficient (Wildman–Crippen LogP) is 2.66. The molecule has 1 aromatic heterocycles. The van der Waals surface area contributed by atoms with E-state index in [4.69, 9.17) is 10.5 Å². The molecule has 1 fully saturated rings. The Balaban J connectivity index is 2.16. The van der Waals surface area contributed by atoms with Gasteiger partial charge in [0, 0.05) is 19.2 Å². The van der Waals surface area contributed by atoms with Gasteiger partial charge >= 0.3 is 0 Å². The van der Waals surface area contributed by atoms with Gasteiger partial charge in [0.15, 0.2) is 0 Å². The van der Waals surface area contributed by atoms with Crippen molar-refractivity contribution in [3.63, 3.8) is 0 Å². The maximum Gasteiger partial charge on any atom is 0.131 e. The molecule has 5 heteroatoms. The van der Waals surface area contributed by atoms with Crippen LogP contribution < -0.4 is 5.73 Å². The van der Waals surface area contributed by atoms with Gasteiger partial charge in [-0.05, 0) is 18.9 Å². The number of nitrogens with two attached hydrogens (primary N) is 1. The number of aromatic nitrogens is 2. The summed E-state index contributed by atoms with van der Waals surface area (Å²) < 4.78 is 21.2. The second kappa shape index (κ2) is 4.66. The molecule has 1 aliphatic rings. The summed E-state index contributed by atoms with van der Waals surface area (Å²) in [6.45, 7) is 0.720. The highest BCUT2D eigenvalue weighted by molar-refractivity contribution is 5.77. The fraction of sp³-hybridized carbons (Fsp3) is 0.357. The fourth-order valence-corrected chi connectivity index (χ4v) is 2.52. The third-order valence-corrected chi connectivity index (χ3v) is 3.50. The van der Waals surface area contributed by atoms with Gasteiger partial charge < -0.3 is 10.5 Å². The zero-order chi connectivity index (χ0) is 13.4. The Morgan fingerprint density at radius 3 is 2.89 bits per heavy atom. The molecule has 100 valence electrons. The molecule has 0 bridgehead atoms. The number of anilines is 1. The summed E-state index contributed by atoms with van der Waals surface area (Å²) in [5.74, 6) is 0.178. The van der Waals surface area contributed by atoms with Crippen LogP contribution in [0.2, 0.25) is 0 Å². The van der Waals surface area contributed by atoms with E-state index in [1.807, 2.05) is 0 Å². The highest BCUT2D eigenvalue weighted by Crippen LogP contribution is 2.38. The number of halogens is 1. The molecule has 1 aromatic carbocycles. The van der Waals surface area contributed by atoms with E-state index >= 15 is 0 Å². The summed E-state index contributed by atoms with van der Waals surface area (Å²) in [6.07, 6.45) is 1.81. The molecule has 2 heterocycles. The number of rotatable bonds is 2. The number of benzene rings is 1. The molecule has 0 amide bonds. The van der Waals surface area contributed by atoms with E-state index in [9.17, 15) is 4.39 Å². The summed E-state index contributed by atoms with van der Waals surface area (Å²) in [5, 5.41) is 4.41. The highest BCUT2D eigenvalue weighted by atomic mass is 19.1. The molecule has 1 aliphatic heterocycles. The van der Waals surface area contributed by atoms with Crippen LogP contribution in [0.1, 0.15) is 24.6 Å². The van der Waals surface area contributed by atoms with Gasteiger partial charge in [0.25, 0.3) is 0 Å². The van der Waals surface area contributed by atoms with Gasteiger partial charge in [-0.1, -0.05) is 18.2 Å². The Kier molecular flexibility index (Phi) is 2.98. The lowest BCUT2D eigenvalue weighted by Crippen LogP contribution is -2.00. The maximum atomic E-state index is 14.0. The molecule has 0 saturated carbocycles. The van der Waals surface area contributed by atoms with Crippen molar-refractivity contribution in [2.45, 2.75) is 18.9 Å². The highest BCUT2D eigenvalue weighted by Gasteiger charge is 2.27. The van der Waals surface area contributed by atoms with E-state index in [0.29, 0.717) is 16.9 Å². The first kappa shape index (κ1) is 12.2. The SMILES string of the molecule is Cn1nc(C2CCCO2)c(-c2ccccc2F)c1N. The van der Waals surface area contributed by atoms with E-state index in [0.717, 1.165) is 25.1 Å². The summed E-state index contributed by atoms with van der Waals surface area (Å²) >= 11 is 0. The Bertz CT molecular complexity index is 603. The molecule has 19 heavy (non-hydrogen) atoms. The molecular formula is C14H16FN3O. The summed E-state index contributed by atoms with van der Waals surface area (Å²) in [7, 11) is 1.76. The lowest BCUT2D eigenvalue weighted by atomic mass is 10.0. The van der Waals surface area contributed by atoms with Gasteiger partial charge in [-0.15, -0.1) is 0 Å². The molecule has 3 rings (SSSR count). The minimum absolute atomic E-state index is 0.0851. The molecule has 0 aliphatic carbocycles. The van der Waals surface area contributed by atoms with Gasteiger partial charge in [-0.25, -0.2) is 4.39 Å². The van der Waals surface area contributed by atoms with E-state index < -0.39 is 0 Å². The average molecular weight is 261 g/mol. The zero-order valence-electron chi connectivity index (χ0n) is 10.8. The van der Waals surface area contributed by atoms with Gasteiger partial charge in [0.05, 0.1) is 5.56 Å². The molecule has 1 atom stereocenters. The molecule has 1 unspecified atom stereocenters. The quantitative estimate of drug-likeness (QED) is 0.904. The smallest absolute Gasteiger partial charge is 0.131 e. The topological polar surface area (TPSA) is 53.1 Å². The molecule has 0 radical (unpaired) electrons. The number of aryl methyl sites for hydroxylation is 1. The normalized spacial score (nSPS) is 18.9. The minimum atomic E-state index is -0.290. The Morgan fingerprint density at radius 2 is 2.21 bits per heavy atom. The summed E-state index contributed by atoms with van der Waals surface area (Å²) in [4.78, 5) is 0. The Hall–Kier alpha value is -1.88. The van der Waals surface area contributed by atoms with Crippen molar-refractivity contribution in [1.82, 2.24) is 9.78 Å².